The first kappa shape index (κ1) is 23.2. The van der Waals surface area contributed by atoms with Gasteiger partial charge in [0, 0.05) is 42.5 Å². The summed E-state index contributed by atoms with van der Waals surface area (Å²) in [6.07, 6.45) is 2.89. The third-order valence-corrected chi connectivity index (χ3v) is 7.07. The predicted molar refractivity (Wildman–Crippen MR) is 135 cm³/mol. The Kier molecular flexibility index (Phi) is 6.63. The Hall–Kier alpha value is -3.53. The summed E-state index contributed by atoms with van der Waals surface area (Å²) in [6, 6.07) is 16.3. The van der Waals surface area contributed by atoms with Gasteiger partial charge in [-0.05, 0) is 68.3 Å². The van der Waals surface area contributed by atoms with E-state index >= 15 is 0 Å². The molecule has 1 atom stereocenters. The van der Waals surface area contributed by atoms with Crippen molar-refractivity contribution in [3.05, 3.63) is 71.4 Å². The standard InChI is InChI=1S/C26H26N4O4S/c1-2-30(29-14-4-6-20(31)16-29)26(33)22-12-11-21(34-22)17-7-9-19(10-8-17)28-24(32)23-15-18-5-3-13-27-25(18)35-23/h3,5,7-13,15,20,31H,2,4,6,14,16H2,1H3,(H,28,32). The Morgan fingerprint density at radius 3 is 2.80 bits per heavy atom. The van der Waals surface area contributed by atoms with Crippen LogP contribution in [0.3, 0.4) is 0 Å². The number of furan rings is 1. The number of carbonyl (C=O) groups excluding carboxylic acids is 2. The summed E-state index contributed by atoms with van der Waals surface area (Å²) in [5, 5.41) is 17.4. The molecule has 0 radical (unpaired) electrons. The summed E-state index contributed by atoms with van der Waals surface area (Å²) >= 11 is 1.35. The van der Waals surface area contributed by atoms with Gasteiger partial charge in [-0.2, -0.15) is 0 Å². The molecule has 3 aromatic heterocycles. The quantitative estimate of drug-likeness (QED) is 0.409. The predicted octanol–water partition coefficient (Wildman–Crippen LogP) is 4.64. The van der Waals surface area contributed by atoms with Crippen LogP contribution in [0.4, 0.5) is 5.69 Å². The monoisotopic (exact) mass is 490 g/mol. The van der Waals surface area contributed by atoms with Crippen molar-refractivity contribution in [1.29, 1.82) is 0 Å². The number of anilines is 1. The second-order valence-corrected chi connectivity index (χ2v) is 9.46. The van der Waals surface area contributed by atoms with Crippen molar-refractivity contribution in [1.82, 2.24) is 15.0 Å². The van der Waals surface area contributed by atoms with Crippen LogP contribution in [0.1, 0.15) is 40.0 Å². The second-order valence-electron chi connectivity index (χ2n) is 8.43. The van der Waals surface area contributed by atoms with Crippen LogP contribution in [-0.2, 0) is 0 Å². The van der Waals surface area contributed by atoms with E-state index in [1.807, 2.05) is 42.3 Å². The Bertz CT molecular complexity index is 1310. The van der Waals surface area contributed by atoms with Gasteiger partial charge in [0.25, 0.3) is 5.91 Å². The minimum absolute atomic E-state index is 0.186. The number of piperidine rings is 1. The van der Waals surface area contributed by atoms with Crippen LogP contribution in [0.15, 0.2) is 65.2 Å². The molecule has 35 heavy (non-hydrogen) atoms. The number of nitrogens with one attached hydrogen (secondary N) is 1. The molecular formula is C26H26N4O4S. The first-order chi connectivity index (χ1) is 17.0. The van der Waals surface area contributed by atoms with Gasteiger partial charge in [0.2, 0.25) is 0 Å². The molecule has 9 heteroatoms. The van der Waals surface area contributed by atoms with E-state index in [4.69, 9.17) is 4.42 Å². The number of aliphatic hydroxyl groups is 1. The molecule has 4 aromatic rings. The smallest absolute Gasteiger partial charge is 0.303 e. The summed E-state index contributed by atoms with van der Waals surface area (Å²) in [5.41, 5.74) is 1.46. The molecule has 0 aliphatic carbocycles. The average Bonchev–Trinajstić information content (AvgIpc) is 3.53. The molecule has 180 valence electrons. The number of benzene rings is 1. The average molecular weight is 491 g/mol. The molecule has 5 rings (SSSR count). The zero-order chi connectivity index (χ0) is 24.4. The van der Waals surface area contributed by atoms with E-state index in [-0.39, 0.29) is 17.6 Å². The number of aliphatic hydroxyl groups excluding tert-OH is 1. The highest BCUT2D eigenvalue weighted by molar-refractivity contribution is 7.20. The Labute approximate surface area is 206 Å². The minimum atomic E-state index is -0.424. The van der Waals surface area contributed by atoms with Gasteiger partial charge >= 0.3 is 5.91 Å². The van der Waals surface area contributed by atoms with Crippen molar-refractivity contribution in [2.45, 2.75) is 25.9 Å². The number of rotatable bonds is 6. The van der Waals surface area contributed by atoms with E-state index in [0.717, 1.165) is 35.2 Å². The molecule has 1 unspecified atom stereocenters. The molecule has 8 nitrogen and oxygen atoms in total. The van der Waals surface area contributed by atoms with E-state index in [2.05, 4.69) is 10.3 Å². The number of thiophene rings is 1. The topological polar surface area (TPSA) is 98.9 Å². The maximum absolute atomic E-state index is 13.1. The summed E-state index contributed by atoms with van der Waals surface area (Å²) in [6.45, 7) is 3.57. The zero-order valence-electron chi connectivity index (χ0n) is 19.3. The molecular weight excluding hydrogens is 464 g/mol. The van der Waals surface area contributed by atoms with Gasteiger partial charge in [0.1, 0.15) is 10.6 Å². The molecule has 2 N–H and O–H groups in total. The fraction of sp³-hybridized carbons (Fsp3) is 0.269. The summed E-state index contributed by atoms with van der Waals surface area (Å²) in [5.74, 6) is 0.401. The number of hydrogen-bond acceptors (Lipinski definition) is 7. The third kappa shape index (κ3) is 4.97. The minimum Gasteiger partial charge on any atom is -0.451 e. The lowest BCUT2D eigenvalue weighted by molar-refractivity contribution is -0.0538. The molecule has 1 fully saturated rings. The van der Waals surface area contributed by atoms with Gasteiger partial charge < -0.3 is 14.8 Å². The third-order valence-electron chi connectivity index (χ3n) is 6.01. The van der Waals surface area contributed by atoms with Crippen molar-refractivity contribution >= 4 is 39.1 Å². The number of nitrogens with zero attached hydrogens (tertiary/aromatic N) is 3. The molecule has 4 heterocycles. The van der Waals surface area contributed by atoms with E-state index in [1.54, 1.807) is 35.5 Å². The molecule has 0 saturated carbocycles. The molecule has 1 aliphatic rings. The molecule has 1 aromatic carbocycles. The SMILES string of the molecule is CCN(C(=O)c1ccc(-c2ccc(NC(=O)c3cc4cccnc4s3)cc2)o1)N1CCCC(O)C1. The van der Waals surface area contributed by atoms with Crippen LogP contribution in [0.25, 0.3) is 21.5 Å². The second kappa shape index (κ2) is 9.99. The lowest BCUT2D eigenvalue weighted by Gasteiger charge is -2.38. The van der Waals surface area contributed by atoms with Gasteiger partial charge in [-0.3, -0.25) is 14.6 Å². The Morgan fingerprint density at radius 1 is 1.23 bits per heavy atom. The molecule has 2 amide bonds. The van der Waals surface area contributed by atoms with E-state index in [9.17, 15) is 14.7 Å². The van der Waals surface area contributed by atoms with Gasteiger partial charge in [-0.1, -0.05) is 6.07 Å². The zero-order valence-corrected chi connectivity index (χ0v) is 20.1. The van der Waals surface area contributed by atoms with Gasteiger partial charge in [-0.25, -0.2) is 9.99 Å². The fourth-order valence-electron chi connectivity index (χ4n) is 4.26. The van der Waals surface area contributed by atoms with Crippen LogP contribution in [-0.4, -0.2) is 57.7 Å². The molecule has 0 bridgehead atoms. The van der Waals surface area contributed by atoms with Gasteiger partial charge in [0.05, 0.1) is 11.0 Å². The first-order valence-electron chi connectivity index (χ1n) is 11.6. The number of hydrazine groups is 1. The highest BCUT2D eigenvalue weighted by Crippen LogP contribution is 2.27. The fourth-order valence-corrected chi connectivity index (χ4v) is 5.15. The van der Waals surface area contributed by atoms with E-state index < -0.39 is 6.10 Å². The maximum atomic E-state index is 13.1. The molecule has 1 aliphatic heterocycles. The number of pyridine rings is 1. The summed E-state index contributed by atoms with van der Waals surface area (Å²) in [7, 11) is 0. The largest absolute Gasteiger partial charge is 0.451 e. The first-order valence-corrected chi connectivity index (χ1v) is 12.4. The number of fused-ring (bicyclic) bond motifs is 1. The van der Waals surface area contributed by atoms with Crippen molar-refractivity contribution < 1.29 is 19.1 Å². The number of amides is 2. The highest BCUT2D eigenvalue weighted by Gasteiger charge is 2.28. The maximum Gasteiger partial charge on any atom is 0.303 e. The van der Waals surface area contributed by atoms with Gasteiger partial charge in [0.15, 0.2) is 5.76 Å². The van der Waals surface area contributed by atoms with Gasteiger partial charge in [-0.15, -0.1) is 11.3 Å². The lowest BCUT2D eigenvalue weighted by atomic mass is 10.1. The van der Waals surface area contributed by atoms with Crippen LogP contribution >= 0.6 is 11.3 Å². The van der Waals surface area contributed by atoms with Crippen LogP contribution in [0.5, 0.6) is 0 Å². The number of aromatic nitrogens is 1. The molecule has 1 saturated heterocycles. The highest BCUT2D eigenvalue weighted by atomic mass is 32.1. The van der Waals surface area contributed by atoms with Crippen molar-refractivity contribution in [2.24, 2.45) is 0 Å². The number of carbonyl (C=O) groups is 2. The number of hydrogen-bond donors (Lipinski definition) is 2. The van der Waals surface area contributed by atoms with Crippen LogP contribution < -0.4 is 5.32 Å². The normalized spacial score (nSPS) is 16.3. The Balaban J connectivity index is 1.26. The van der Waals surface area contributed by atoms with E-state index in [0.29, 0.717) is 29.4 Å². The molecule has 0 spiro atoms. The van der Waals surface area contributed by atoms with Crippen molar-refractivity contribution in [3.63, 3.8) is 0 Å². The van der Waals surface area contributed by atoms with Crippen LogP contribution in [0.2, 0.25) is 0 Å². The van der Waals surface area contributed by atoms with E-state index in [1.165, 1.54) is 11.3 Å². The summed E-state index contributed by atoms with van der Waals surface area (Å²) in [4.78, 5) is 31.4. The lowest BCUT2D eigenvalue weighted by Crippen LogP contribution is -2.52. The summed E-state index contributed by atoms with van der Waals surface area (Å²) < 4.78 is 5.88. The van der Waals surface area contributed by atoms with Crippen molar-refractivity contribution in [3.8, 4) is 11.3 Å². The Morgan fingerprint density at radius 2 is 2.06 bits per heavy atom. The van der Waals surface area contributed by atoms with Crippen molar-refractivity contribution in [2.75, 3.05) is 25.0 Å². The van der Waals surface area contributed by atoms with Crippen LogP contribution in [0, 0.1) is 0 Å². The number of β-amino-alcohol motifs (C(OH)–C–C–N with tert-alkyl or cyclic N) is 1.